The number of aliphatic hydroxyl groups is 1. The Kier molecular flexibility index (Phi) is 4.61. The smallest absolute Gasteiger partial charge is 0.337 e. The van der Waals surface area contributed by atoms with Crippen LogP contribution in [0.15, 0.2) is 48.5 Å². The lowest BCUT2D eigenvalue weighted by Gasteiger charge is -2.19. The molecule has 2 rings (SSSR count). The van der Waals surface area contributed by atoms with Crippen LogP contribution in [0.25, 0.3) is 0 Å². The lowest BCUT2D eigenvalue weighted by molar-refractivity contribution is 0.0697. The number of anilines is 1. The van der Waals surface area contributed by atoms with E-state index in [0.717, 1.165) is 5.56 Å². The Morgan fingerprint density at radius 2 is 1.90 bits per heavy atom. The Balaban J connectivity index is 2.31. The van der Waals surface area contributed by atoms with Crippen molar-refractivity contribution in [2.45, 2.75) is 6.04 Å². The quantitative estimate of drug-likeness (QED) is 0.791. The third-order valence-electron chi connectivity index (χ3n) is 2.93. The number of rotatable bonds is 5. The van der Waals surface area contributed by atoms with Gasteiger partial charge in [-0.05, 0) is 23.8 Å². The molecule has 0 radical (unpaired) electrons. The first-order chi connectivity index (χ1) is 9.61. The normalized spacial score (nSPS) is 11.9. The van der Waals surface area contributed by atoms with Crippen molar-refractivity contribution in [1.82, 2.24) is 0 Å². The summed E-state index contributed by atoms with van der Waals surface area (Å²) in [5.74, 6) is -1.07. The van der Waals surface area contributed by atoms with E-state index in [1.54, 1.807) is 12.1 Å². The van der Waals surface area contributed by atoms with E-state index in [1.165, 1.54) is 6.07 Å². The molecule has 3 N–H and O–H groups in total. The van der Waals surface area contributed by atoms with Crippen LogP contribution in [0, 0.1) is 0 Å². The van der Waals surface area contributed by atoms with Crippen molar-refractivity contribution in [3.05, 3.63) is 64.7 Å². The van der Waals surface area contributed by atoms with Crippen LogP contribution < -0.4 is 5.32 Å². The number of aromatic carboxylic acids is 1. The van der Waals surface area contributed by atoms with E-state index >= 15 is 0 Å². The second-order valence-electron chi connectivity index (χ2n) is 4.29. The molecule has 1 unspecified atom stereocenters. The molecule has 0 aliphatic heterocycles. The lowest BCUT2D eigenvalue weighted by Crippen LogP contribution is -2.16. The van der Waals surface area contributed by atoms with E-state index in [4.69, 9.17) is 11.6 Å². The van der Waals surface area contributed by atoms with Gasteiger partial charge in [0, 0.05) is 10.7 Å². The van der Waals surface area contributed by atoms with Gasteiger partial charge in [0.25, 0.3) is 0 Å². The predicted octanol–water partition coefficient (Wildman–Crippen LogP) is 3.18. The summed E-state index contributed by atoms with van der Waals surface area (Å²) in [5, 5.41) is 22.1. The molecule has 2 aromatic carbocycles. The molecule has 5 heteroatoms. The Hall–Kier alpha value is -2.04. The molecule has 0 saturated carbocycles. The summed E-state index contributed by atoms with van der Waals surface area (Å²) in [5.41, 5.74) is 1.37. The molecular weight excluding hydrogens is 278 g/mol. The van der Waals surface area contributed by atoms with E-state index in [0.29, 0.717) is 10.7 Å². The van der Waals surface area contributed by atoms with Crippen molar-refractivity contribution in [3.63, 3.8) is 0 Å². The first-order valence-electron chi connectivity index (χ1n) is 6.07. The van der Waals surface area contributed by atoms with E-state index in [-0.39, 0.29) is 18.2 Å². The molecule has 0 fully saturated rings. The highest BCUT2D eigenvalue weighted by Gasteiger charge is 2.15. The van der Waals surface area contributed by atoms with Crippen molar-refractivity contribution in [2.24, 2.45) is 0 Å². The van der Waals surface area contributed by atoms with Crippen LogP contribution in [0.3, 0.4) is 0 Å². The minimum absolute atomic E-state index is 0.0758. The third kappa shape index (κ3) is 3.29. The molecule has 20 heavy (non-hydrogen) atoms. The Morgan fingerprint density at radius 3 is 2.50 bits per heavy atom. The fraction of sp³-hybridized carbons (Fsp3) is 0.133. The number of benzene rings is 2. The molecule has 0 amide bonds. The standard InChI is InChI=1S/C15H14ClNO3/c16-11-6-7-13(12(8-11)15(19)20)17-14(9-18)10-4-2-1-3-5-10/h1-8,14,17-18H,9H2,(H,19,20). The number of hydrogen-bond acceptors (Lipinski definition) is 3. The van der Waals surface area contributed by atoms with Crippen molar-refractivity contribution in [1.29, 1.82) is 0 Å². The Bertz CT molecular complexity index is 601. The molecule has 2 aromatic rings. The molecule has 1 atom stereocenters. The monoisotopic (exact) mass is 291 g/mol. The van der Waals surface area contributed by atoms with Gasteiger partial charge in [-0.25, -0.2) is 4.79 Å². The lowest BCUT2D eigenvalue weighted by atomic mass is 10.1. The van der Waals surface area contributed by atoms with E-state index < -0.39 is 5.97 Å². The molecule has 0 heterocycles. The molecular formula is C15H14ClNO3. The molecule has 0 spiro atoms. The molecule has 0 bridgehead atoms. The van der Waals surface area contributed by atoms with Gasteiger partial charge in [0.2, 0.25) is 0 Å². The van der Waals surface area contributed by atoms with Gasteiger partial charge in [-0.3, -0.25) is 0 Å². The summed E-state index contributed by atoms with van der Waals surface area (Å²) >= 11 is 5.81. The fourth-order valence-electron chi connectivity index (χ4n) is 1.93. The SMILES string of the molecule is O=C(O)c1cc(Cl)ccc1NC(CO)c1ccccc1. The topological polar surface area (TPSA) is 69.6 Å². The van der Waals surface area contributed by atoms with Crippen LogP contribution in [0.2, 0.25) is 5.02 Å². The first kappa shape index (κ1) is 14.4. The predicted molar refractivity (Wildman–Crippen MR) is 78.3 cm³/mol. The highest BCUT2D eigenvalue weighted by atomic mass is 35.5. The Labute approximate surface area is 121 Å². The summed E-state index contributed by atoms with van der Waals surface area (Å²) in [6, 6.07) is 13.5. The molecule has 4 nitrogen and oxygen atoms in total. The van der Waals surface area contributed by atoms with Crippen LogP contribution in [-0.4, -0.2) is 22.8 Å². The second kappa shape index (κ2) is 6.41. The van der Waals surface area contributed by atoms with Gasteiger partial charge in [-0.1, -0.05) is 41.9 Å². The van der Waals surface area contributed by atoms with Gasteiger partial charge in [0.15, 0.2) is 0 Å². The largest absolute Gasteiger partial charge is 0.478 e. The average molecular weight is 292 g/mol. The van der Waals surface area contributed by atoms with E-state index in [1.807, 2.05) is 30.3 Å². The number of halogens is 1. The maximum absolute atomic E-state index is 11.2. The summed E-state index contributed by atoms with van der Waals surface area (Å²) < 4.78 is 0. The number of aliphatic hydroxyl groups excluding tert-OH is 1. The van der Waals surface area contributed by atoms with E-state index in [9.17, 15) is 15.0 Å². The van der Waals surface area contributed by atoms with Gasteiger partial charge >= 0.3 is 5.97 Å². The fourth-order valence-corrected chi connectivity index (χ4v) is 2.10. The zero-order valence-corrected chi connectivity index (χ0v) is 11.3. The zero-order chi connectivity index (χ0) is 14.5. The zero-order valence-electron chi connectivity index (χ0n) is 10.6. The third-order valence-corrected chi connectivity index (χ3v) is 3.16. The number of carboxylic acids is 1. The summed E-state index contributed by atoms with van der Waals surface area (Å²) in [4.78, 5) is 11.2. The van der Waals surface area contributed by atoms with Gasteiger partial charge in [-0.15, -0.1) is 0 Å². The van der Waals surface area contributed by atoms with Crippen molar-refractivity contribution in [2.75, 3.05) is 11.9 Å². The molecule has 0 aromatic heterocycles. The number of carboxylic acid groups (broad SMARTS) is 1. The van der Waals surface area contributed by atoms with Crippen LogP contribution in [0.5, 0.6) is 0 Å². The summed E-state index contributed by atoms with van der Waals surface area (Å²) in [6.07, 6.45) is 0. The van der Waals surface area contributed by atoms with Crippen molar-refractivity contribution >= 4 is 23.3 Å². The minimum atomic E-state index is -1.07. The maximum atomic E-state index is 11.2. The highest BCUT2D eigenvalue weighted by Crippen LogP contribution is 2.25. The van der Waals surface area contributed by atoms with Crippen molar-refractivity contribution < 1.29 is 15.0 Å². The average Bonchev–Trinajstić information content (AvgIpc) is 2.46. The number of hydrogen-bond donors (Lipinski definition) is 3. The number of carbonyl (C=O) groups is 1. The van der Waals surface area contributed by atoms with Crippen LogP contribution in [0.1, 0.15) is 22.0 Å². The summed E-state index contributed by atoms with van der Waals surface area (Å²) in [6.45, 7) is -0.147. The molecule has 104 valence electrons. The van der Waals surface area contributed by atoms with Gasteiger partial charge in [-0.2, -0.15) is 0 Å². The van der Waals surface area contributed by atoms with Gasteiger partial charge in [0.05, 0.1) is 18.2 Å². The second-order valence-corrected chi connectivity index (χ2v) is 4.72. The maximum Gasteiger partial charge on any atom is 0.337 e. The van der Waals surface area contributed by atoms with E-state index in [2.05, 4.69) is 5.32 Å². The highest BCUT2D eigenvalue weighted by molar-refractivity contribution is 6.31. The first-order valence-corrected chi connectivity index (χ1v) is 6.45. The molecule has 0 aliphatic rings. The number of nitrogens with one attached hydrogen (secondary N) is 1. The summed E-state index contributed by atoms with van der Waals surface area (Å²) in [7, 11) is 0. The van der Waals surface area contributed by atoms with Crippen LogP contribution in [-0.2, 0) is 0 Å². The Morgan fingerprint density at radius 1 is 1.20 bits per heavy atom. The van der Waals surface area contributed by atoms with Gasteiger partial charge < -0.3 is 15.5 Å². The molecule has 0 aliphatic carbocycles. The van der Waals surface area contributed by atoms with Gasteiger partial charge in [0.1, 0.15) is 0 Å². The minimum Gasteiger partial charge on any atom is -0.478 e. The van der Waals surface area contributed by atoms with Crippen LogP contribution >= 0.6 is 11.6 Å². The van der Waals surface area contributed by atoms with Crippen molar-refractivity contribution in [3.8, 4) is 0 Å². The molecule has 0 saturated heterocycles. The van der Waals surface area contributed by atoms with Crippen LogP contribution in [0.4, 0.5) is 5.69 Å².